The molecule has 0 aliphatic carbocycles. The minimum atomic E-state index is -0.290. The van der Waals surface area contributed by atoms with Crippen LogP contribution in [0.4, 0.5) is 0 Å². The second-order valence-electron chi connectivity index (χ2n) is 3.31. The molecule has 0 aliphatic rings. The van der Waals surface area contributed by atoms with Crippen LogP contribution in [0.2, 0.25) is 0 Å². The molecule has 0 amide bonds. The highest BCUT2D eigenvalue weighted by molar-refractivity contribution is 14.1. The van der Waals surface area contributed by atoms with Crippen LogP contribution in [-0.4, -0.2) is 4.98 Å². The van der Waals surface area contributed by atoms with Crippen molar-refractivity contribution in [1.29, 1.82) is 0 Å². The van der Waals surface area contributed by atoms with Crippen molar-refractivity contribution in [3.05, 3.63) is 38.1 Å². The zero-order valence-electron chi connectivity index (χ0n) is 8.29. The van der Waals surface area contributed by atoms with Gasteiger partial charge in [-0.25, -0.2) is 9.78 Å². The molecule has 0 saturated carbocycles. The van der Waals surface area contributed by atoms with Gasteiger partial charge in [-0.2, -0.15) is 0 Å². The normalized spacial score (nSPS) is 10.8. The van der Waals surface area contributed by atoms with Crippen molar-refractivity contribution in [3.63, 3.8) is 0 Å². The molecule has 0 unspecified atom stereocenters. The summed E-state index contributed by atoms with van der Waals surface area (Å²) in [5.74, 6) is 0.524. The van der Waals surface area contributed by atoms with E-state index in [1.807, 2.05) is 19.1 Å². The Labute approximate surface area is 101 Å². The zero-order chi connectivity index (χ0) is 10.8. The number of hydrogen-bond acceptors (Lipinski definition) is 3. The molecular formula is C11H10INO2. The second-order valence-corrected chi connectivity index (χ2v) is 4.55. The molecule has 1 aromatic carbocycles. The maximum atomic E-state index is 11.6. The summed E-state index contributed by atoms with van der Waals surface area (Å²) >= 11 is 2.16. The van der Waals surface area contributed by atoms with Crippen LogP contribution in [0.15, 0.2) is 27.4 Å². The SMILES string of the molecule is CCCc1nc2ccc(I)cc2c(=O)o1. The van der Waals surface area contributed by atoms with Gasteiger partial charge in [0, 0.05) is 9.99 Å². The fourth-order valence-electron chi connectivity index (χ4n) is 1.41. The highest BCUT2D eigenvalue weighted by Gasteiger charge is 2.05. The van der Waals surface area contributed by atoms with E-state index in [0.29, 0.717) is 17.7 Å². The van der Waals surface area contributed by atoms with Crippen molar-refractivity contribution < 1.29 is 4.42 Å². The van der Waals surface area contributed by atoms with Crippen LogP contribution < -0.4 is 5.63 Å². The van der Waals surface area contributed by atoms with Gasteiger partial charge in [-0.1, -0.05) is 6.92 Å². The third kappa shape index (κ3) is 2.19. The predicted molar refractivity (Wildman–Crippen MR) is 67.0 cm³/mol. The van der Waals surface area contributed by atoms with Gasteiger partial charge in [0.05, 0.1) is 10.9 Å². The van der Waals surface area contributed by atoms with Gasteiger partial charge in [0.25, 0.3) is 0 Å². The van der Waals surface area contributed by atoms with E-state index in [-0.39, 0.29) is 5.63 Å². The average molecular weight is 315 g/mol. The van der Waals surface area contributed by atoms with Crippen LogP contribution in [0.3, 0.4) is 0 Å². The average Bonchev–Trinajstić information content (AvgIpc) is 2.20. The van der Waals surface area contributed by atoms with E-state index < -0.39 is 0 Å². The molecule has 0 fully saturated rings. The van der Waals surface area contributed by atoms with Gasteiger partial charge in [0.2, 0.25) is 0 Å². The lowest BCUT2D eigenvalue weighted by atomic mass is 10.2. The van der Waals surface area contributed by atoms with E-state index in [1.54, 1.807) is 6.07 Å². The first-order valence-corrected chi connectivity index (χ1v) is 5.88. The molecule has 3 nitrogen and oxygen atoms in total. The Morgan fingerprint density at radius 1 is 1.47 bits per heavy atom. The molecule has 2 rings (SSSR count). The standard InChI is InChI=1S/C11H10INO2/c1-2-3-10-13-9-5-4-7(12)6-8(9)11(14)15-10/h4-6H,2-3H2,1H3. The number of hydrogen-bond donors (Lipinski definition) is 0. The number of aryl methyl sites for hydroxylation is 1. The van der Waals surface area contributed by atoms with Crippen LogP contribution in [-0.2, 0) is 6.42 Å². The van der Waals surface area contributed by atoms with Crippen molar-refractivity contribution in [2.75, 3.05) is 0 Å². The lowest BCUT2D eigenvalue weighted by Gasteiger charge is -1.99. The molecule has 0 N–H and O–H groups in total. The summed E-state index contributed by atoms with van der Waals surface area (Å²) in [6.45, 7) is 2.03. The molecule has 2 aromatic rings. The third-order valence-electron chi connectivity index (χ3n) is 2.10. The molecule has 0 atom stereocenters. The maximum absolute atomic E-state index is 11.6. The van der Waals surface area contributed by atoms with Crippen LogP contribution >= 0.6 is 22.6 Å². The van der Waals surface area contributed by atoms with Gasteiger partial charge >= 0.3 is 5.63 Å². The number of benzene rings is 1. The molecule has 0 aliphatic heterocycles. The van der Waals surface area contributed by atoms with Crippen LogP contribution in [0.1, 0.15) is 19.2 Å². The van der Waals surface area contributed by atoms with Crippen LogP contribution in [0.5, 0.6) is 0 Å². The second kappa shape index (κ2) is 4.30. The summed E-state index contributed by atoms with van der Waals surface area (Å²) in [7, 11) is 0. The van der Waals surface area contributed by atoms with E-state index in [1.165, 1.54) is 0 Å². The first-order valence-electron chi connectivity index (χ1n) is 4.80. The molecule has 78 valence electrons. The molecule has 0 spiro atoms. The van der Waals surface area contributed by atoms with Gasteiger partial charge in [0.15, 0.2) is 5.89 Å². The van der Waals surface area contributed by atoms with Crippen LogP contribution in [0.25, 0.3) is 10.9 Å². The fourth-order valence-corrected chi connectivity index (χ4v) is 1.90. The van der Waals surface area contributed by atoms with Gasteiger partial charge in [-0.15, -0.1) is 0 Å². The number of aromatic nitrogens is 1. The molecule has 4 heteroatoms. The Morgan fingerprint density at radius 3 is 3.00 bits per heavy atom. The Kier molecular flexibility index (Phi) is 3.04. The lowest BCUT2D eigenvalue weighted by Crippen LogP contribution is -2.05. The largest absolute Gasteiger partial charge is 0.408 e. The summed E-state index contributed by atoms with van der Waals surface area (Å²) in [5, 5.41) is 0.557. The zero-order valence-corrected chi connectivity index (χ0v) is 10.4. The fraction of sp³-hybridized carbons (Fsp3) is 0.273. The third-order valence-corrected chi connectivity index (χ3v) is 2.77. The van der Waals surface area contributed by atoms with Gasteiger partial charge < -0.3 is 4.42 Å². The van der Waals surface area contributed by atoms with Crippen molar-refractivity contribution in [3.8, 4) is 0 Å². The lowest BCUT2D eigenvalue weighted by molar-refractivity contribution is 0.442. The topological polar surface area (TPSA) is 43.1 Å². The number of rotatable bonds is 2. The van der Waals surface area contributed by atoms with E-state index in [4.69, 9.17) is 4.42 Å². The van der Waals surface area contributed by atoms with Crippen molar-refractivity contribution in [2.45, 2.75) is 19.8 Å². The highest BCUT2D eigenvalue weighted by Crippen LogP contribution is 2.13. The molecule has 0 bridgehead atoms. The van der Waals surface area contributed by atoms with E-state index in [2.05, 4.69) is 27.6 Å². The smallest absolute Gasteiger partial charge is 0.346 e. The first-order chi connectivity index (χ1) is 7.20. The molecule has 1 heterocycles. The number of halogens is 1. The van der Waals surface area contributed by atoms with Crippen molar-refractivity contribution in [1.82, 2.24) is 4.98 Å². The summed E-state index contributed by atoms with van der Waals surface area (Å²) in [6.07, 6.45) is 1.63. The minimum Gasteiger partial charge on any atom is -0.408 e. The number of nitrogens with zero attached hydrogens (tertiary/aromatic N) is 1. The molecule has 15 heavy (non-hydrogen) atoms. The van der Waals surface area contributed by atoms with Gasteiger partial charge in [-0.05, 0) is 47.2 Å². The Bertz CT molecular complexity index is 548. The maximum Gasteiger partial charge on any atom is 0.346 e. The van der Waals surface area contributed by atoms with E-state index in [9.17, 15) is 4.79 Å². The Hall–Kier alpha value is -0.910. The monoisotopic (exact) mass is 315 g/mol. The summed E-state index contributed by atoms with van der Waals surface area (Å²) < 4.78 is 6.13. The molecule has 0 radical (unpaired) electrons. The van der Waals surface area contributed by atoms with Crippen molar-refractivity contribution in [2.24, 2.45) is 0 Å². The summed E-state index contributed by atoms with van der Waals surface area (Å²) in [6, 6.07) is 5.59. The molecule has 1 aromatic heterocycles. The van der Waals surface area contributed by atoms with Crippen molar-refractivity contribution >= 4 is 33.5 Å². The Morgan fingerprint density at radius 2 is 2.27 bits per heavy atom. The quantitative estimate of drug-likeness (QED) is 0.801. The highest BCUT2D eigenvalue weighted by atomic mass is 127. The summed E-state index contributed by atoms with van der Waals surface area (Å²) in [5.41, 5.74) is 0.428. The van der Waals surface area contributed by atoms with Gasteiger partial charge in [-0.3, -0.25) is 0 Å². The minimum absolute atomic E-state index is 0.290. The molecular weight excluding hydrogens is 305 g/mol. The molecule has 0 saturated heterocycles. The van der Waals surface area contributed by atoms with E-state index >= 15 is 0 Å². The number of fused-ring (bicyclic) bond motifs is 1. The Balaban J connectivity index is 2.67. The van der Waals surface area contributed by atoms with Crippen LogP contribution in [0, 0.1) is 3.57 Å². The predicted octanol–water partition coefficient (Wildman–Crippen LogP) is 2.75. The first kappa shape index (κ1) is 10.6. The van der Waals surface area contributed by atoms with E-state index in [0.717, 1.165) is 15.5 Å². The van der Waals surface area contributed by atoms with Gasteiger partial charge in [0.1, 0.15) is 0 Å². The summed E-state index contributed by atoms with van der Waals surface area (Å²) in [4.78, 5) is 15.9.